The summed E-state index contributed by atoms with van der Waals surface area (Å²) in [4.78, 5) is 12.1. The van der Waals surface area contributed by atoms with Crippen LogP contribution in [0, 0.1) is 11.8 Å². The molecule has 0 saturated heterocycles. The number of benzene rings is 2. The van der Waals surface area contributed by atoms with E-state index in [1.54, 1.807) is 0 Å². The Morgan fingerprint density at radius 1 is 1.08 bits per heavy atom. The van der Waals surface area contributed by atoms with E-state index in [1.165, 1.54) is 35.1 Å². The SMILES string of the molecule is O=C(NCC(CO)CC1CC1)OCC1c2ccccc2-c2ccccc21. The molecule has 0 aromatic heterocycles. The second-order valence-electron chi connectivity index (χ2n) is 7.43. The number of hydrogen-bond donors (Lipinski definition) is 2. The molecule has 1 saturated carbocycles. The molecule has 2 aromatic rings. The molecule has 136 valence electrons. The fraction of sp³-hybridized carbons (Fsp3) is 0.409. The smallest absolute Gasteiger partial charge is 0.407 e. The molecule has 4 rings (SSSR count). The van der Waals surface area contributed by atoms with Gasteiger partial charge in [0.15, 0.2) is 0 Å². The Morgan fingerprint density at radius 3 is 2.27 bits per heavy atom. The van der Waals surface area contributed by atoms with Gasteiger partial charge in [-0.3, -0.25) is 0 Å². The third-order valence-electron chi connectivity index (χ3n) is 5.50. The maximum absolute atomic E-state index is 12.1. The van der Waals surface area contributed by atoms with Crippen molar-refractivity contribution >= 4 is 6.09 Å². The summed E-state index contributed by atoms with van der Waals surface area (Å²) < 4.78 is 5.52. The zero-order chi connectivity index (χ0) is 17.9. The predicted octanol–water partition coefficient (Wildman–Crippen LogP) is 3.93. The summed E-state index contributed by atoms with van der Waals surface area (Å²) in [5.74, 6) is 0.938. The third-order valence-corrected chi connectivity index (χ3v) is 5.50. The highest BCUT2D eigenvalue weighted by atomic mass is 16.5. The Hall–Kier alpha value is -2.33. The van der Waals surface area contributed by atoms with Gasteiger partial charge in [-0.2, -0.15) is 0 Å². The van der Waals surface area contributed by atoms with Crippen LogP contribution in [-0.2, 0) is 4.74 Å². The summed E-state index contributed by atoms with van der Waals surface area (Å²) in [5, 5.41) is 12.3. The van der Waals surface area contributed by atoms with E-state index in [0.29, 0.717) is 13.2 Å². The lowest BCUT2D eigenvalue weighted by Gasteiger charge is -2.17. The molecular formula is C22H25NO3. The van der Waals surface area contributed by atoms with E-state index in [0.717, 1.165) is 12.3 Å². The van der Waals surface area contributed by atoms with Gasteiger partial charge in [0.2, 0.25) is 0 Å². The van der Waals surface area contributed by atoms with Crippen molar-refractivity contribution in [3.63, 3.8) is 0 Å². The number of aliphatic hydroxyl groups excluding tert-OH is 1. The minimum atomic E-state index is -0.402. The van der Waals surface area contributed by atoms with Crippen LogP contribution < -0.4 is 5.32 Å². The molecule has 2 aliphatic rings. The van der Waals surface area contributed by atoms with Crippen molar-refractivity contribution in [1.82, 2.24) is 5.32 Å². The number of fused-ring (bicyclic) bond motifs is 3. The highest BCUT2D eigenvalue weighted by Crippen LogP contribution is 2.44. The molecule has 0 radical (unpaired) electrons. The number of hydrogen-bond acceptors (Lipinski definition) is 3. The molecule has 4 heteroatoms. The molecule has 1 unspecified atom stereocenters. The average molecular weight is 351 g/mol. The van der Waals surface area contributed by atoms with E-state index in [9.17, 15) is 9.90 Å². The molecular weight excluding hydrogens is 326 g/mol. The Balaban J connectivity index is 1.36. The normalized spacial score (nSPS) is 16.7. The van der Waals surface area contributed by atoms with Gasteiger partial charge in [-0.25, -0.2) is 4.79 Å². The second-order valence-corrected chi connectivity index (χ2v) is 7.43. The predicted molar refractivity (Wildman–Crippen MR) is 101 cm³/mol. The highest BCUT2D eigenvalue weighted by Gasteiger charge is 2.29. The Labute approximate surface area is 154 Å². The van der Waals surface area contributed by atoms with E-state index in [-0.39, 0.29) is 18.4 Å². The third kappa shape index (κ3) is 3.61. The molecule has 1 amide bonds. The minimum absolute atomic E-state index is 0.0771. The van der Waals surface area contributed by atoms with E-state index in [1.807, 2.05) is 24.3 Å². The fourth-order valence-electron chi connectivity index (χ4n) is 3.92. The number of ether oxygens (including phenoxy) is 1. The summed E-state index contributed by atoms with van der Waals surface area (Å²) in [6, 6.07) is 16.6. The lowest BCUT2D eigenvalue weighted by Crippen LogP contribution is -2.32. The van der Waals surface area contributed by atoms with Gasteiger partial charge in [-0.05, 0) is 40.5 Å². The number of nitrogens with one attached hydrogen (secondary N) is 1. The Bertz CT molecular complexity index is 739. The van der Waals surface area contributed by atoms with Crippen LogP contribution in [0.1, 0.15) is 36.3 Å². The van der Waals surface area contributed by atoms with Crippen LogP contribution in [-0.4, -0.2) is 31.0 Å². The van der Waals surface area contributed by atoms with Gasteiger partial charge in [0.05, 0.1) is 0 Å². The van der Waals surface area contributed by atoms with Crippen molar-refractivity contribution in [2.45, 2.75) is 25.2 Å². The van der Waals surface area contributed by atoms with Crippen molar-refractivity contribution in [2.24, 2.45) is 11.8 Å². The van der Waals surface area contributed by atoms with Crippen LogP contribution in [0.2, 0.25) is 0 Å². The van der Waals surface area contributed by atoms with E-state index >= 15 is 0 Å². The van der Waals surface area contributed by atoms with Crippen molar-refractivity contribution in [1.29, 1.82) is 0 Å². The van der Waals surface area contributed by atoms with Crippen molar-refractivity contribution < 1.29 is 14.6 Å². The maximum Gasteiger partial charge on any atom is 0.407 e. The van der Waals surface area contributed by atoms with Gasteiger partial charge >= 0.3 is 6.09 Å². The van der Waals surface area contributed by atoms with Gasteiger partial charge in [-0.15, -0.1) is 0 Å². The first-order chi connectivity index (χ1) is 12.8. The van der Waals surface area contributed by atoms with Gasteiger partial charge in [0, 0.05) is 19.1 Å². The number of aliphatic hydroxyl groups is 1. The number of carbonyl (C=O) groups excluding carboxylic acids is 1. The second kappa shape index (κ2) is 7.50. The largest absolute Gasteiger partial charge is 0.449 e. The topological polar surface area (TPSA) is 58.6 Å². The van der Waals surface area contributed by atoms with Gasteiger partial charge < -0.3 is 15.2 Å². The Morgan fingerprint density at radius 2 is 1.69 bits per heavy atom. The standard InChI is InChI=1S/C22H25NO3/c24-13-16(11-15-9-10-15)12-23-22(25)26-14-21-19-7-3-1-5-17(19)18-6-2-4-8-20(18)21/h1-8,15-16,21,24H,9-14H2,(H,23,25). The number of alkyl carbamates (subject to hydrolysis) is 1. The monoisotopic (exact) mass is 351 g/mol. The minimum Gasteiger partial charge on any atom is -0.449 e. The van der Waals surface area contributed by atoms with Crippen molar-refractivity contribution in [3.8, 4) is 11.1 Å². The summed E-state index contributed by atoms with van der Waals surface area (Å²) in [5.41, 5.74) is 4.87. The Kier molecular flexibility index (Phi) is 4.93. The molecule has 1 fully saturated rings. The van der Waals surface area contributed by atoms with E-state index in [4.69, 9.17) is 4.74 Å². The summed E-state index contributed by atoms with van der Waals surface area (Å²) in [6.45, 7) is 0.913. The fourth-order valence-corrected chi connectivity index (χ4v) is 3.92. The molecule has 0 aliphatic heterocycles. The zero-order valence-corrected chi connectivity index (χ0v) is 14.9. The van der Waals surface area contributed by atoms with Crippen LogP contribution in [0.15, 0.2) is 48.5 Å². The molecule has 1 atom stereocenters. The van der Waals surface area contributed by atoms with E-state index < -0.39 is 6.09 Å². The van der Waals surface area contributed by atoms with Crippen molar-refractivity contribution in [2.75, 3.05) is 19.8 Å². The lowest BCUT2D eigenvalue weighted by molar-refractivity contribution is 0.137. The first-order valence-electron chi connectivity index (χ1n) is 9.46. The molecule has 2 N–H and O–H groups in total. The molecule has 2 aliphatic carbocycles. The number of amides is 1. The molecule has 26 heavy (non-hydrogen) atoms. The summed E-state index contributed by atoms with van der Waals surface area (Å²) in [7, 11) is 0. The molecule has 0 spiro atoms. The van der Waals surface area contributed by atoms with Crippen LogP contribution in [0.25, 0.3) is 11.1 Å². The van der Waals surface area contributed by atoms with Crippen LogP contribution in [0.5, 0.6) is 0 Å². The van der Waals surface area contributed by atoms with Crippen molar-refractivity contribution in [3.05, 3.63) is 59.7 Å². The van der Waals surface area contributed by atoms with Crippen LogP contribution in [0.3, 0.4) is 0 Å². The number of rotatable bonds is 7. The molecule has 0 heterocycles. The highest BCUT2D eigenvalue weighted by molar-refractivity contribution is 5.79. The lowest BCUT2D eigenvalue weighted by atomic mass is 9.98. The van der Waals surface area contributed by atoms with E-state index in [2.05, 4.69) is 29.6 Å². The maximum atomic E-state index is 12.1. The van der Waals surface area contributed by atoms with Crippen LogP contribution in [0.4, 0.5) is 4.79 Å². The average Bonchev–Trinajstić information content (AvgIpc) is 3.44. The van der Waals surface area contributed by atoms with Gasteiger partial charge in [-0.1, -0.05) is 61.4 Å². The molecule has 2 aromatic carbocycles. The first-order valence-corrected chi connectivity index (χ1v) is 9.46. The van der Waals surface area contributed by atoms with Crippen LogP contribution >= 0.6 is 0 Å². The van der Waals surface area contributed by atoms with Gasteiger partial charge in [0.1, 0.15) is 6.61 Å². The summed E-state index contributed by atoms with van der Waals surface area (Å²) >= 11 is 0. The quantitative estimate of drug-likeness (QED) is 0.794. The van der Waals surface area contributed by atoms with Gasteiger partial charge in [0.25, 0.3) is 0 Å². The summed E-state index contributed by atoms with van der Waals surface area (Å²) in [6.07, 6.45) is 3.09. The number of carbonyl (C=O) groups is 1. The molecule has 4 nitrogen and oxygen atoms in total. The molecule has 0 bridgehead atoms. The first kappa shape index (κ1) is 17.1. The zero-order valence-electron chi connectivity index (χ0n) is 14.9.